The van der Waals surface area contributed by atoms with E-state index in [4.69, 9.17) is 10.5 Å². The first kappa shape index (κ1) is 14.5. The summed E-state index contributed by atoms with van der Waals surface area (Å²) in [4.78, 5) is 23.2. The van der Waals surface area contributed by atoms with Crippen LogP contribution in [0.25, 0.3) is 11.1 Å². The molecule has 1 aliphatic carbocycles. The molecule has 1 aliphatic rings. The third-order valence-electron chi connectivity index (χ3n) is 3.94. The van der Waals surface area contributed by atoms with Gasteiger partial charge in [0.15, 0.2) is 0 Å². The van der Waals surface area contributed by atoms with Crippen LogP contribution < -0.4 is 5.73 Å². The maximum atomic E-state index is 11.7. The van der Waals surface area contributed by atoms with Crippen LogP contribution in [-0.2, 0) is 14.3 Å². The Kier molecular flexibility index (Phi) is 4.02. The van der Waals surface area contributed by atoms with Gasteiger partial charge in [-0.15, -0.1) is 0 Å². The van der Waals surface area contributed by atoms with Crippen molar-refractivity contribution < 1.29 is 14.3 Å². The minimum Gasteiger partial charge on any atom is -0.459 e. The SMILES string of the molecule is NCCC(=O)C(=O)OCC1c2ccccc2-c2ccccc21. The van der Waals surface area contributed by atoms with Crippen LogP contribution in [0.3, 0.4) is 0 Å². The second kappa shape index (κ2) is 6.12. The molecule has 0 amide bonds. The van der Waals surface area contributed by atoms with E-state index < -0.39 is 11.8 Å². The highest BCUT2D eigenvalue weighted by atomic mass is 16.5. The highest BCUT2D eigenvalue weighted by molar-refractivity contribution is 6.33. The number of fused-ring (bicyclic) bond motifs is 3. The van der Waals surface area contributed by atoms with Gasteiger partial charge in [-0.05, 0) is 28.8 Å². The number of hydrogen-bond donors (Lipinski definition) is 1. The minimum absolute atomic E-state index is 0.0245. The Hall–Kier alpha value is -2.46. The van der Waals surface area contributed by atoms with Gasteiger partial charge in [-0.3, -0.25) is 4.79 Å². The quantitative estimate of drug-likeness (QED) is 0.678. The lowest BCUT2D eigenvalue weighted by molar-refractivity contribution is -0.154. The van der Waals surface area contributed by atoms with Crippen molar-refractivity contribution >= 4 is 11.8 Å². The first-order valence-electron chi connectivity index (χ1n) is 7.30. The molecule has 0 saturated heterocycles. The Bertz CT molecular complexity index is 678. The molecule has 2 N–H and O–H groups in total. The number of esters is 1. The number of carbonyl (C=O) groups is 2. The third kappa shape index (κ3) is 2.53. The standard InChI is InChI=1S/C18H17NO3/c19-10-9-17(20)18(21)22-11-16-14-7-3-1-5-12(14)13-6-2-4-8-15(13)16/h1-8,16H,9-11,19H2. The van der Waals surface area contributed by atoms with Crippen LogP contribution in [0.2, 0.25) is 0 Å². The zero-order chi connectivity index (χ0) is 15.5. The van der Waals surface area contributed by atoms with E-state index in [0.29, 0.717) is 0 Å². The Labute approximate surface area is 128 Å². The van der Waals surface area contributed by atoms with Crippen LogP contribution in [-0.4, -0.2) is 24.9 Å². The molecule has 0 aromatic heterocycles. The Morgan fingerprint density at radius 3 is 2.05 bits per heavy atom. The number of ketones is 1. The van der Waals surface area contributed by atoms with Gasteiger partial charge in [0, 0.05) is 12.3 Å². The fourth-order valence-corrected chi connectivity index (χ4v) is 2.91. The summed E-state index contributed by atoms with van der Waals surface area (Å²) in [7, 11) is 0. The van der Waals surface area contributed by atoms with Crippen molar-refractivity contribution in [3.63, 3.8) is 0 Å². The molecule has 0 bridgehead atoms. The lowest BCUT2D eigenvalue weighted by Gasteiger charge is -2.13. The molecule has 4 heteroatoms. The molecule has 0 saturated carbocycles. The largest absolute Gasteiger partial charge is 0.459 e. The molecule has 0 unspecified atom stereocenters. The minimum atomic E-state index is -0.799. The van der Waals surface area contributed by atoms with Gasteiger partial charge in [0.25, 0.3) is 0 Å². The monoisotopic (exact) mass is 295 g/mol. The number of carbonyl (C=O) groups excluding carboxylic acids is 2. The highest BCUT2D eigenvalue weighted by Crippen LogP contribution is 2.44. The van der Waals surface area contributed by atoms with E-state index >= 15 is 0 Å². The summed E-state index contributed by atoms with van der Waals surface area (Å²) in [5.74, 6) is -1.39. The van der Waals surface area contributed by atoms with Gasteiger partial charge < -0.3 is 10.5 Å². The summed E-state index contributed by atoms with van der Waals surface area (Å²) < 4.78 is 5.21. The fraction of sp³-hybridized carbons (Fsp3) is 0.222. The summed E-state index contributed by atoms with van der Waals surface area (Å²) in [6, 6.07) is 16.1. The topological polar surface area (TPSA) is 69.4 Å². The molecule has 4 nitrogen and oxygen atoms in total. The summed E-state index contributed by atoms with van der Waals surface area (Å²) >= 11 is 0. The van der Waals surface area contributed by atoms with E-state index in [1.807, 2.05) is 36.4 Å². The molecule has 0 spiro atoms. The van der Waals surface area contributed by atoms with Gasteiger partial charge in [0.2, 0.25) is 5.78 Å². The fourth-order valence-electron chi connectivity index (χ4n) is 2.91. The molecule has 0 radical (unpaired) electrons. The lowest BCUT2D eigenvalue weighted by atomic mass is 9.98. The van der Waals surface area contributed by atoms with Crippen molar-refractivity contribution in [2.75, 3.05) is 13.2 Å². The van der Waals surface area contributed by atoms with Gasteiger partial charge in [0.1, 0.15) is 6.61 Å². The smallest absolute Gasteiger partial charge is 0.374 e. The second-order valence-corrected chi connectivity index (χ2v) is 5.29. The van der Waals surface area contributed by atoms with E-state index in [9.17, 15) is 9.59 Å². The normalized spacial score (nSPS) is 12.6. The van der Waals surface area contributed by atoms with E-state index in [-0.39, 0.29) is 25.5 Å². The van der Waals surface area contributed by atoms with Gasteiger partial charge in [-0.1, -0.05) is 48.5 Å². The molecule has 0 aliphatic heterocycles. The molecule has 3 rings (SSSR count). The first-order valence-corrected chi connectivity index (χ1v) is 7.30. The number of Topliss-reactive ketones (excluding diaryl/α,β-unsaturated/α-hetero) is 1. The molecule has 2 aromatic rings. The average molecular weight is 295 g/mol. The summed E-state index contributed by atoms with van der Waals surface area (Å²) in [5.41, 5.74) is 9.86. The first-order chi connectivity index (χ1) is 10.7. The van der Waals surface area contributed by atoms with Crippen molar-refractivity contribution in [2.24, 2.45) is 5.73 Å². The second-order valence-electron chi connectivity index (χ2n) is 5.29. The number of ether oxygens (including phenoxy) is 1. The maximum Gasteiger partial charge on any atom is 0.374 e. The van der Waals surface area contributed by atoms with Gasteiger partial charge in [-0.25, -0.2) is 4.79 Å². The molecule has 22 heavy (non-hydrogen) atoms. The van der Waals surface area contributed by atoms with Crippen molar-refractivity contribution in [3.8, 4) is 11.1 Å². The molecule has 0 atom stereocenters. The molecule has 0 fully saturated rings. The van der Waals surface area contributed by atoms with Gasteiger partial charge >= 0.3 is 5.97 Å². The number of hydrogen-bond acceptors (Lipinski definition) is 4. The number of benzene rings is 2. The molecular weight excluding hydrogens is 278 g/mol. The Balaban J connectivity index is 1.82. The van der Waals surface area contributed by atoms with Crippen molar-refractivity contribution in [2.45, 2.75) is 12.3 Å². The van der Waals surface area contributed by atoms with Gasteiger partial charge in [-0.2, -0.15) is 0 Å². The van der Waals surface area contributed by atoms with E-state index in [2.05, 4.69) is 12.1 Å². The zero-order valence-electron chi connectivity index (χ0n) is 12.1. The summed E-state index contributed by atoms with van der Waals surface area (Å²) in [5, 5.41) is 0. The Morgan fingerprint density at radius 2 is 1.50 bits per heavy atom. The third-order valence-corrected chi connectivity index (χ3v) is 3.94. The molecule has 112 valence electrons. The van der Waals surface area contributed by atoms with E-state index in [0.717, 1.165) is 22.3 Å². The Morgan fingerprint density at radius 1 is 0.955 bits per heavy atom. The maximum absolute atomic E-state index is 11.7. The predicted octanol–water partition coefficient (Wildman–Crippen LogP) is 2.26. The van der Waals surface area contributed by atoms with Crippen LogP contribution in [0, 0.1) is 0 Å². The van der Waals surface area contributed by atoms with E-state index in [1.54, 1.807) is 0 Å². The van der Waals surface area contributed by atoms with Crippen LogP contribution in [0.5, 0.6) is 0 Å². The average Bonchev–Trinajstić information content (AvgIpc) is 2.87. The van der Waals surface area contributed by atoms with Crippen LogP contribution >= 0.6 is 0 Å². The van der Waals surface area contributed by atoms with Crippen LogP contribution in [0.15, 0.2) is 48.5 Å². The van der Waals surface area contributed by atoms with Crippen molar-refractivity contribution in [1.29, 1.82) is 0 Å². The highest BCUT2D eigenvalue weighted by Gasteiger charge is 2.29. The zero-order valence-corrected chi connectivity index (χ0v) is 12.1. The molecule has 0 heterocycles. The molecular formula is C18H17NO3. The summed E-state index contributed by atoms with van der Waals surface area (Å²) in [6.45, 7) is 0.326. The molecule has 2 aromatic carbocycles. The van der Waals surface area contributed by atoms with Crippen molar-refractivity contribution in [1.82, 2.24) is 0 Å². The predicted molar refractivity (Wildman–Crippen MR) is 83.4 cm³/mol. The van der Waals surface area contributed by atoms with Crippen molar-refractivity contribution in [3.05, 3.63) is 59.7 Å². The van der Waals surface area contributed by atoms with Crippen LogP contribution in [0.4, 0.5) is 0 Å². The lowest BCUT2D eigenvalue weighted by Crippen LogP contribution is -2.22. The number of nitrogens with two attached hydrogens (primary N) is 1. The number of rotatable bonds is 5. The summed E-state index contributed by atoms with van der Waals surface area (Å²) in [6.07, 6.45) is 0.0245. The van der Waals surface area contributed by atoms with Gasteiger partial charge in [0.05, 0.1) is 0 Å². The van der Waals surface area contributed by atoms with E-state index in [1.165, 1.54) is 0 Å². The van der Waals surface area contributed by atoms with Crippen LogP contribution in [0.1, 0.15) is 23.5 Å².